The fourth-order valence-corrected chi connectivity index (χ4v) is 2.85. The number of amides is 1. The Hall–Kier alpha value is -2.83. The Morgan fingerprint density at radius 1 is 1.15 bits per heavy atom. The minimum atomic E-state index is -0.256. The Morgan fingerprint density at radius 2 is 1.96 bits per heavy atom. The zero-order chi connectivity index (χ0) is 19.2. The van der Waals surface area contributed by atoms with Crippen molar-refractivity contribution in [3.63, 3.8) is 0 Å². The second kappa shape index (κ2) is 8.70. The van der Waals surface area contributed by atoms with Crippen LogP contribution in [0.25, 0.3) is 16.9 Å². The molecule has 7 heteroatoms. The van der Waals surface area contributed by atoms with Crippen LogP contribution in [0.2, 0.25) is 5.02 Å². The summed E-state index contributed by atoms with van der Waals surface area (Å²) in [5.41, 5.74) is 2.50. The van der Waals surface area contributed by atoms with Crippen LogP contribution in [0.4, 0.5) is 0 Å². The van der Waals surface area contributed by atoms with E-state index in [4.69, 9.17) is 21.1 Å². The lowest BCUT2D eigenvalue weighted by Crippen LogP contribution is -2.28. The van der Waals surface area contributed by atoms with Gasteiger partial charge in [-0.3, -0.25) is 4.79 Å². The van der Waals surface area contributed by atoms with E-state index < -0.39 is 0 Å². The predicted octanol–water partition coefficient (Wildman–Crippen LogP) is 3.58. The molecule has 3 aromatic rings. The third kappa shape index (κ3) is 4.30. The maximum Gasteiger partial charge on any atom is 0.270 e. The minimum Gasteiger partial charge on any atom is -0.497 e. The summed E-state index contributed by atoms with van der Waals surface area (Å²) in [7, 11) is 3.19. The van der Waals surface area contributed by atoms with Gasteiger partial charge in [0.2, 0.25) is 0 Å². The molecule has 6 nitrogen and oxygen atoms in total. The minimum absolute atomic E-state index is 0.256. The van der Waals surface area contributed by atoms with Crippen molar-refractivity contribution in [1.29, 1.82) is 0 Å². The van der Waals surface area contributed by atoms with Crippen molar-refractivity contribution in [2.45, 2.75) is 0 Å². The third-order valence-corrected chi connectivity index (χ3v) is 4.30. The smallest absolute Gasteiger partial charge is 0.270 e. The predicted molar refractivity (Wildman–Crippen MR) is 105 cm³/mol. The molecule has 3 rings (SSSR count). The van der Waals surface area contributed by atoms with E-state index in [9.17, 15) is 4.79 Å². The first kappa shape index (κ1) is 18.9. The van der Waals surface area contributed by atoms with E-state index in [1.165, 1.54) is 0 Å². The van der Waals surface area contributed by atoms with Gasteiger partial charge in [-0.25, -0.2) is 4.68 Å². The summed E-state index contributed by atoms with van der Waals surface area (Å²) in [6, 6.07) is 16.5. The zero-order valence-corrected chi connectivity index (χ0v) is 15.9. The monoisotopic (exact) mass is 385 g/mol. The Balaban J connectivity index is 2.05. The highest BCUT2D eigenvalue weighted by atomic mass is 35.5. The van der Waals surface area contributed by atoms with Crippen molar-refractivity contribution in [2.24, 2.45) is 0 Å². The second-order valence-corrected chi connectivity index (χ2v) is 6.17. The molecule has 1 aromatic heterocycles. The number of carbonyl (C=O) groups excluding carboxylic acids is 1. The van der Waals surface area contributed by atoms with Gasteiger partial charge >= 0.3 is 0 Å². The van der Waals surface area contributed by atoms with Crippen LogP contribution in [0.5, 0.6) is 5.75 Å². The third-order valence-electron chi connectivity index (χ3n) is 3.98. The van der Waals surface area contributed by atoms with Crippen molar-refractivity contribution in [3.8, 4) is 22.7 Å². The number of para-hydroxylation sites is 1. The van der Waals surface area contributed by atoms with Crippen LogP contribution in [-0.2, 0) is 4.74 Å². The van der Waals surface area contributed by atoms with Gasteiger partial charge < -0.3 is 14.8 Å². The van der Waals surface area contributed by atoms with Gasteiger partial charge in [0.25, 0.3) is 5.91 Å². The van der Waals surface area contributed by atoms with Gasteiger partial charge in [0, 0.05) is 19.2 Å². The van der Waals surface area contributed by atoms with Gasteiger partial charge in [-0.15, -0.1) is 0 Å². The van der Waals surface area contributed by atoms with Crippen LogP contribution >= 0.6 is 11.6 Å². The van der Waals surface area contributed by atoms with Crippen LogP contribution < -0.4 is 10.1 Å². The summed E-state index contributed by atoms with van der Waals surface area (Å²) in [5, 5.41) is 7.95. The highest BCUT2D eigenvalue weighted by molar-refractivity contribution is 6.32. The van der Waals surface area contributed by atoms with Crippen molar-refractivity contribution in [3.05, 3.63) is 65.3 Å². The average Bonchev–Trinajstić information content (AvgIpc) is 3.14. The Bertz CT molecular complexity index is 940. The van der Waals surface area contributed by atoms with Crippen LogP contribution in [0, 0.1) is 0 Å². The molecule has 0 saturated heterocycles. The number of halogens is 1. The van der Waals surface area contributed by atoms with E-state index in [1.807, 2.05) is 42.5 Å². The van der Waals surface area contributed by atoms with Gasteiger partial charge in [0.15, 0.2) is 0 Å². The molecule has 0 fully saturated rings. The van der Waals surface area contributed by atoms with Crippen molar-refractivity contribution < 1.29 is 14.3 Å². The molecule has 0 spiro atoms. The molecule has 1 N–H and O–H groups in total. The first-order chi connectivity index (χ1) is 13.1. The average molecular weight is 386 g/mol. The first-order valence-electron chi connectivity index (χ1n) is 8.40. The number of hydrogen-bond acceptors (Lipinski definition) is 4. The molecule has 140 valence electrons. The normalized spacial score (nSPS) is 10.6. The summed E-state index contributed by atoms with van der Waals surface area (Å²) >= 11 is 6.33. The zero-order valence-electron chi connectivity index (χ0n) is 15.1. The summed E-state index contributed by atoms with van der Waals surface area (Å²) in [4.78, 5) is 12.7. The maximum atomic E-state index is 12.7. The fourth-order valence-electron chi connectivity index (χ4n) is 2.63. The van der Waals surface area contributed by atoms with Gasteiger partial charge in [-0.05, 0) is 30.3 Å². The lowest BCUT2D eigenvalue weighted by atomic mass is 10.1. The molecule has 0 bridgehead atoms. The second-order valence-electron chi connectivity index (χ2n) is 5.76. The number of nitrogens with one attached hydrogen (secondary N) is 1. The van der Waals surface area contributed by atoms with Crippen LogP contribution in [-0.4, -0.2) is 43.1 Å². The topological polar surface area (TPSA) is 65.4 Å². The molecular weight excluding hydrogens is 366 g/mol. The van der Waals surface area contributed by atoms with Crippen molar-refractivity contribution >= 4 is 17.5 Å². The van der Waals surface area contributed by atoms with Gasteiger partial charge in [-0.1, -0.05) is 35.9 Å². The molecule has 0 radical (unpaired) electrons. The number of rotatable bonds is 7. The SMILES string of the molecule is COCCNC(=O)c1cc(-c2cccc(OC)c2)nn1-c1ccccc1Cl. The van der Waals surface area contributed by atoms with Crippen molar-refractivity contribution in [2.75, 3.05) is 27.4 Å². The molecule has 2 aromatic carbocycles. The largest absolute Gasteiger partial charge is 0.497 e. The standard InChI is InChI=1S/C20H20ClN3O3/c1-26-11-10-22-20(25)19-13-17(14-6-5-7-15(12-14)27-2)23-24(19)18-9-4-3-8-16(18)21/h3-9,12-13H,10-11H2,1-2H3,(H,22,25). The summed E-state index contributed by atoms with van der Waals surface area (Å²) in [5.74, 6) is 0.458. The number of methoxy groups -OCH3 is 2. The molecular formula is C20H20ClN3O3. The molecule has 0 aliphatic carbocycles. The fraction of sp³-hybridized carbons (Fsp3) is 0.200. The number of aromatic nitrogens is 2. The summed E-state index contributed by atoms with van der Waals surface area (Å²) < 4.78 is 11.8. The van der Waals surface area contributed by atoms with E-state index in [-0.39, 0.29) is 5.91 Å². The number of hydrogen-bond donors (Lipinski definition) is 1. The number of carbonyl (C=O) groups is 1. The molecule has 0 unspecified atom stereocenters. The highest BCUT2D eigenvalue weighted by Gasteiger charge is 2.19. The Morgan fingerprint density at radius 3 is 2.70 bits per heavy atom. The van der Waals surface area contributed by atoms with E-state index in [1.54, 1.807) is 31.0 Å². The molecule has 0 saturated carbocycles. The van der Waals surface area contributed by atoms with E-state index >= 15 is 0 Å². The highest BCUT2D eigenvalue weighted by Crippen LogP contribution is 2.27. The Kier molecular flexibility index (Phi) is 6.11. The summed E-state index contributed by atoms with van der Waals surface area (Å²) in [6.45, 7) is 0.826. The number of nitrogens with zero attached hydrogens (tertiary/aromatic N) is 2. The molecule has 0 aliphatic heterocycles. The van der Waals surface area contributed by atoms with Crippen LogP contribution in [0.1, 0.15) is 10.5 Å². The van der Waals surface area contributed by atoms with Crippen molar-refractivity contribution in [1.82, 2.24) is 15.1 Å². The Labute approximate surface area is 162 Å². The molecule has 1 amide bonds. The van der Waals surface area contributed by atoms with Gasteiger partial charge in [0.1, 0.15) is 11.4 Å². The molecule has 0 aliphatic rings. The molecule has 0 atom stereocenters. The van der Waals surface area contributed by atoms with Gasteiger partial charge in [-0.2, -0.15) is 5.10 Å². The van der Waals surface area contributed by atoms with Crippen LogP contribution in [0.3, 0.4) is 0 Å². The van der Waals surface area contributed by atoms with E-state index in [0.717, 1.165) is 5.56 Å². The molecule has 27 heavy (non-hydrogen) atoms. The summed E-state index contributed by atoms with van der Waals surface area (Å²) in [6.07, 6.45) is 0. The lowest BCUT2D eigenvalue weighted by Gasteiger charge is -2.09. The van der Waals surface area contributed by atoms with E-state index in [2.05, 4.69) is 10.4 Å². The number of benzene rings is 2. The van der Waals surface area contributed by atoms with Crippen LogP contribution in [0.15, 0.2) is 54.6 Å². The molecule has 1 heterocycles. The lowest BCUT2D eigenvalue weighted by molar-refractivity contribution is 0.0929. The van der Waals surface area contributed by atoms with Gasteiger partial charge in [0.05, 0.1) is 30.1 Å². The quantitative estimate of drug-likeness (QED) is 0.631. The number of ether oxygens (including phenoxy) is 2. The first-order valence-corrected chi connectivity index (χ1v) is 8.78. The van der Waals surface area contributed by atoms with E-state index in [0.29, 0.717) is 41.0 Å². The maximum absolute atomic E-state index is 12.7.